The molecule has 0 unspecified atom stereocenters. The van der Waals surface area contributed by atoms with E-state index in [1.165, 1.54) is 18.9 Å². The van der Waals surface area contributed by atoms with Gasteiger partial charge in [0.25, 0.3) is 0 Å². The molecular formula is C6H9NO2S. The zero-order chi connectivity index (χ0) is 7.82. The summed E-state index contributed by atoms with van der Waals surface area (Å²) in [6.45, 7) is 0. The SMILES string of the molecule is COC(=O)CCSCC#N. The third kappa shape index (κ3) is 5.45. The van der Waals surface area contributed by atoms with Crippen LogP contribution >= 0.6 is 11.8 Å². The van der Waals surface area contributed by atoms with E-state index in [2.05, 4.69) is 4.74 Å². The van der Waals surface area contributed by atoms with Crippen LogP contribution in [0.3, 0.4) is 0 Å². The van der Waals surface area contributed by atoms with E-state index in [0.717, 1.165) is 0 Å². The maximum absolute atomic E-state index is 10.5. The summed E-state index contributed by atoms with van der Waals surface area (Å²) >= 11 is 1.43. The number of nitriles is 1. The van der Waals surface area contributed by atoms with Crippen LogP contribution < -0.4 is 0 Å². The molecular weight excluding hydrogens is 150 g/mol. The second-order valence-electron chi connectivity index (χ2n) is 1.54. The van der Waals surface area contributed by atoms with Crippen molar-refractivity contribution in [2.45, 2.75) is 6.42 Å². The summed E-state index contributed by atoms with van der Waals surface area (Å²) in [6, 6.07) is 1.97. The maximum Gasteiger partial charge on any atom is 0.306 e. The summed E-state index contributed by atoms with van der Waals surface area (Å²) in [5, 5.41) is 8.10. The summed E-state index contributed by atoms with van der Waals surface area (Å²) in [6.07, 6.45) is 0.392. The minimum Gasteiger partial charge on any atom is -0.469 e. The molecule has 0 aromatic heterocycles. The number of nitrogens with zero attached hydrogens (tertiary/aromatic N) is 1. The van der Waals surface area contributed by atoms with Crippen LogP contribution in [0.25, 0.3) is 0 Å². The van der Waals surface area contributed by atoms with Crippen molar-refractivity contribution < 1.29 is 9.53 Å². The Morgan fingerprint density at radius 2 is 2.50 bits per heavy atom. The molecule has 0 aliphatic rings. The van der Waals surface area contributed by atoms with Crippen LogP contribution in [0.2, 0.25) is 0 Å². The lowest BCUT2D eigenvalue weighted by atomic mass is 10.5. The van der Waals surface area contributed by atoms with E-state index < -0.39 is 0 Å². The highest BCUT2D eigenvalue weighted by atomic mass is 32.2. The Morgan fingerprint density at radius 3 is 3.00 bits per heavy atom. The van der Waals surface area contributed by atoms with Crippen LogP contribution in [0.1, 0.15) is 6.42 Å². The van der Waals surface area contributed by atoms with Crippen molar-refractivity contribution in [3.63, 3.8) is 0 Å². The van der Waals surface area contributed by atoms with Crippen molar-refractivity contribution in [1.82, 2.24) is 0 Å². The summed E-state index contributed by atoms with van der Waals surface area (Å²) in [5.41, 5.74) is 0. The number of hydrogen-bond donors (Lipinski definition) is 0. The largest absolute Gasteiger partial charge is 0.469 e. The molecule has 10 heavy (non-hydrogen) atoms. The zero-order valence-electron chi connectivity index (χ0n) is 5.79. The monoisotopic (exact) mass is 159 g/mol. The van der Waals surface area contributed by atoms with Gasteiger partial charge in [0.1, 0.15) is 0 Å². The average molecular weight is 159 g/mol. The highest BCUT2D eigenvalue weighted by molar-refractivity contribution is 7.99. The van der Waals surface area contributed by atoms with Crippen molar-refractivity contribution >= 4 is 17.7 Å². The first kappa shape index (κ1) is 9.31. The Kier molecular flexibility index (Phi) is 5.99. The van der Waals surface area contributed by atoms with Gasteiger partial charge >= 0.3 is 5.97 Å². The molecule has 0 aromatic carbocycles. The van der Waals surface area contributed by atoms with Gasteiger partial charge in [0.05, 0.1) is 25.4 Å². The number of hydrogen-bond acceptors (Lipinski definition) is 4. The molecule has 0 spiro atoms. The minimum absolute atomic E-state index is 0.217. The van der Waals surface area contributed by atoms with E-state index in [0.29, 0.717) is 17.9 Å². The minimum atomic E-state index is -0.217. The summed E-state index contributed by atoms with van der Waals surface area (Å²) in [7, 11) is 1.36. The van der Waals surface area contributed by atoms with Gasteiger partial charge in [-0.3, -0.25) is 4.79 Å². The molecule has 0 heterocycles. The molecule has 0 saturated heterocycles. The smallest absolute Gasteiger partial charge is 0.306 e. The van der Waals surface area contributed by atoms with Gasteiger partial charge in [-0.2, -0.15) is 5.26 Å². The fourth-order valence-corrected chi connectivity index (χ4v) is 0.922. The first-order valence-electron chi connectivity index (χ1n) is 2.82. The van der Waals surface area contributed by atoms with Gasteiger partial charge < -0.3 is 4.74 Å². The average Bonchev–Trinajstić information content (AvgIpc) is 1.98. The number of esters is 1. The van der Waals surface area contributed by atoms with Crippen molar-refractivity contribution in [3.05, 3.63) is 0 Å². The predicted octanol–water partition coefficient (Wildman–Crippen LogP) is 0.806. The van der Waals surface area contributed by atoms with E-state index in [1.807, 2.05) is 6.07 Å². The third-order valence-electron chi connectivity index (χ3n) is 0.845. The van der Waals surface area contributed by atoms with Gasteiger partial charge in [-0.1, -0.05) is 0 Å². The lowest BCUT2D eigenvalue weighted by Gasteiger charge is -1.95. The lowest BCUT2D eigenvalue weighted by Crippen LogP contribution is -2.01. The summed E-state index contributed by atoms with van der Waals surface area (Å²) in [4.78, 5) is 10.5. The highest BCUT2D eigenvalue weighted by Gasteiger charge is 1.97. The highest BCUT2D eigenvalue weighted by Crippen LogP contribution is 2.00. The second kappa shape index (κ2) is 6.43. The van der Waals surface area contributed by atoms with Crippen molar-refractivity contribution in [1.29, 1.82) is 5.26 Å². The molecule has 0 saturated carbocycles. The normalized spacial score (nSPS) is 8.40. The van der Waals surface area contributed by atoms with Gasteiger partial charge in [-0.05, 0) is 0 Å². The van der Waals surface area contributed by atoms with Crippen molar-refractivity contribution in [3.8, 4) is 6.07 Å². The van der Waals surface area contributed by atoms with Gasteiger partial charge in [-0.15, -0.1) is 11.8 Å². The summed E-state index contributed by atoms with van der Waals surface area (Å²) in [5.74, 6) is 0.891. The van der Waals surface area contributed by atoms with E-state index in [9.17, 15) is 4.79 Å². The molecule has 0 fully saturated rings. The zero-order valence-corrected chi connectivity index (χ0v) is 6.61. The molecule has 0 aliphatic heterocycles. The first-order valence-corrected chi connectivity index (χ1v) is 3.98. The van der Waals surface area contributed by atoms with E-state index in [4.69, 9.17) is 5.26 Å². The lowest BCUT2D eigenvalue weighted by molar-refractivity contribution is -0.140. The molecule has 0 aliphatic carbocycles. The fraction of sp³-hybridized carbons (Fsp3) is 0.667. The number of carbonyl (C=O) groups is 1. The topological polar surface area (TPSA) is 50.1 Å². The molecule has 0 amide bonds. The van der Waals surface area contributed by atoms with E-state index >= 15 is 0 Å². The van der Waals surface area contributed by atoms with Crippen molar-refractivity contribution in [2.24, 2.45) is 0 Å². The first-order chi connectivity index (χ1) is 4.81. The van der Waals surface area contributed by atoms with Gasteiger partial charge in [0.15, 0.2) is 0 Å². The molecule has 56 valence electrons. The molecule has 0 atom stereocenters. The van der Waals surface area contributed by atoms with Crippen molar-refractivity contribution in [2.75, 3.05) is 18.6 Å². The van der Waals surface area contributed by atoms with Crippen LogP contribution in [-0.2, 0) is 9.53 Å². The van der Waals surface area contributed by atoms with E-state index in [-0.39, 0.29) is 5.97 Å². The maximum atomic E-state index is 10.5. The Hall–Kier alpha value is -0.690. The quantitative estimate of drug-likeness (QED) is 0.450. The molecule has 0 N–H and O–H groups in total. The van der Waals surface area contributed by atoms with Crippen LogP contribution in [0.5, 0.6) is 0 Å². The summed E-state index contributed by atoms with van der Waals surface area (Å²) < 4.78 is 4.40. The number of carbonyl (C=O) groups excluding carboxylic acids is 1. The molecule has 0 aromatic rings. The Bertz CT molecular complexity index is 141. The standard InChI is InChI=1S/C6H9NO2S/c1-9-6(8)2-4-10-5-3-7/h2,4-5H2,1H3. The number of rotatable bonds is 4. The van der Waals surface area contributed by atoms with Gasteiger partial charge in [-0.25, -0.2) is 0 Å². The van der Waals surface area contributed by atoms with Gasteiger partial charge in [0.2, 0.25) is 0 Å². The van der Waals surface area contributed by atoms with Gasteiger partial charge in [0, 0.05) is 5.75 Å². The van der Waals surface area contributed by atoms with E-state index in [1.54, 1.807) is 0 Å². The van der Waals surface area contributed by atoms with Crippen LogP contribution in [0.15, 0.2) is 0 Å². The predicted molar refractivity (Wildman–Crippen MR) is 39.6 cm³/mol. The fourth-order valence-electron chi connectivity index (χ4n) is 0.375. The Balaban J connectivity index is 3.05. The molecule has 0 rings (SSSR count). The molecule has 3 nitrogen and oxygen atoms in total. The number of thioether (sulfide) groups is 1. The van der Waals surface area contributed by atoms with Crippen LogP contribution in [-0.4, -0.2) is 24.6 Å². The molecule has 0 radical (unpaired) electrons. The Morgan fingerprint density at radius 1 is 1.80 bits per heavy atom. The number of methoxy groups -OCH3 is 1. The van der Waals surface area contributed by atoms with Crippen LogP contribution in [0, 0.1) is 11.3 Å². The van der Waals surface area contributed by atoms with Crippen LogP contribution in [0.4, 0.5) is 0 Å². The third-order valence-corrected chi connectivity index (χ3v) is 1.67. The number of ether oxygens (including phenoxy) is 1. The molecule has 4 heteroatoms. The molecule has 0 bridgehead atoms. The second-order valence-corrected chi connectivity index (χ2v) is 2.64. The Labute approximate surface area is 64.4 Å².